The van der Waals surface area contributed by atoms with Crippen LogP contribution in [0.2, 0.25) is 0 Å². The van der Waals surface area contributed by atoms with E-state index < -0.39 is 12.0 Å². The molecule has 3 N–H and O–H groups in total. The molecule has 0 spiro atoms. The Kier molecular flexibility index (Phi) is 6.28. The first-order chi connectivity index (χ1) is 8.52. The lowest BCUT2D eigenvalue weighted by Gasteiger charge is -2.17. The SMILES string of the molecule is CSCC[C@H](NC(=O)NC1CCN(C)C1)C(=O)O. The number of carbonyl (C=O) groups is 2. The second kappa shape index (κ2) is 7.48. The van der Waals surface area contributed by atoms with E-state index in [1.54, 1.807) is 11.8 Å². The lowest BCUT2D eigenvalue weighted by Crippen LogP contribution is -2.49. The molecule has 0 aromatic rings. The van der Waals surface area contributed by atoms with Crippen molar-refractivity contribution in [2.24, 2.45) is 0 Å². The molecule has 1 rings (SSSR count). The maximum atomic E-state index is 11.7. The normalized spacial score (nSPS) is 21.6. The number of carbonyl (C=O) groups excluding carboxylic acids is 1. The lowest BCUT2D eigenvalue weighted by atomic mass is 10.2. The third-order valence-corrected chi connectivity index (χ3v) is 3.58. The van der Waals surface area contributed by atoms with Gasteiger partial charge in [0.2, 0.25) is 0 Å². The number of aliphatic carboxylic acids is 1. The van der Waals surface area contributed by atoms with Crippen LogP contribution >= 0.6 is 11.8 Å². The Bertz CT molecular complexity index is 301. The number of likely N-dealkylation sites (N-methyl/N-ethyl adjacent to an activating group) is 1. The van der Waals surface area contributed by atoms with E-state index in [9.17, 15) is 9.59 Å². The average Bonchev–Trinajstić information content (AvgIpc) is 2.69. The first-order valence-electron chi connectivity index (χ1n) is 6.00. The van der Waals surface area contributed by atoms with Gasteiger partial charge >= 0.3 is 12.0 Å². The number of carboxylic acid groups (broad SMARTS) is 1. The molecule has 1 fully saturated rings. The minimum absolute atomic E-state index is 0.116. The number of hydrogen-bond donors (Lipinski definition) is 3. The fraction of sp³-hybridized carbons (Fsp3) is 0.818. The second-order valence-electron chi connectivity index (χ2n) is 4.54. The van der Waals surface area contributed by atoms with E-state index in [2.05, 4.69) is 15.5 Å². The Labute approximate surface area is 111 Å². The Balaban J connectivity index is 2.34. The number of carboxylic acids is 1. The molecular weight excluding hydrogens is 254 g/mol. The van der Waals surface area contributed by atoms with Gasteiger partial charge in [0.05, 0.1) is 0 Å². The molecule has 0 bridgehead atoms. The summed E-state index contributed by atoms with van der Waals surface area (Å²) < 4.78 is 0. The van der Waals surface area contributed by atoms with Gasteiger partial charge in [-0.15, -0.1) is 0 Å². The van der Waals surface area contributed by atoms with Gasteiger partial charge in [-0.3, -0.25) is 0 Å². The molecule has 1 aliphatic rings. The number of thioether (sulfide) groups is 1. The van der Waals surface area contributed by atoms with E-state index in [0.29, 0.717) is 12.2 Å². The Morgan fingerprint density at radius 2 is 2.28 bits per heavy atom. The fourth-order valence-electron chi connectivity index (χ4n) is 1.93. The molecule has 1 unspecified atom stereocenters. The molecule has 2 amide bonds. The maximum absolute atomic E-state index is 11.7. The molecule has 0 radical (unpaired) electrons. The zero-order chi connectivity index (χ0) is 13.5. The highest BCUT2D eigenvalue weighted by atomic mass is 32.2. The topological polar surface area (TPSA) is 81.7 Å². The summed E-state index contributed by atoms with van der Waals surface area (Å²) in [5.74, 6) is -0.272. The summed E-state index contributed by atoms with van der Waals surface area (Å²) in [5.41, 5.74) is 0. The lowest BCUT2D eigenvalue weighted by molar-refractivity contribution is -0.139. The number of urea groups is 1. The van der Waals surface area contributed by atoms with Gasteiger partial charge in [0.25, 0.3) is 0 Å². The molecule has 0 saturated carbocycles. The molecule has 18 heavy (non-hydrogen) atoms. The Hall–Kier alpha value is -0.950. The predicted octanol–water partition coefficient (Wildman–Crippen LogP) is 0.196. The summed E-state index contributed by atoms with van der Waals surface area (Å²) in [4.78, 5) is 24.8. The molecule has 0 aromatic carbocycles. The van der Waals surface area contributed by atoms with E-state index in [1.807, 2.05) is 13.3 Å². The van der Waals surface area contributed by atoms with Gasteiger partial charge in [-0.05, 0) is 38.4 Å². The number of nitrogens with one attached hydrogen (secondary N) is 2. The summed E-state index contributed by atoms with van der Waals surface area (Å²) in [6.45, 7) is 1.77. The van der Waals surface area contributed by atoms with Crippen LogP contribution in [0.3, 0.4) is 0 Å². The molecule has 0 aromatic heterocycles. The van der Waals surface area contributed by atoms with Gasteiger partial charge in [0.1, 0.15) is 6.04 Å². The highest BCUT2D eigenvalue weighted by Crippen LogP contribution is 2.06. The van der Waals surface area contributed by atoms with Crippen LogP contribution < -0.4 is 10.6 Å². The van der Waals surface area contributed by atoms with E-state index in [0.717, 1.165) is 19.5 Å². The summed E-state index contributed by atoms with van der Waals surface area (Å²) in [6.07, 6.45) is 3.26. The van der Waals surface area contributed by atoms with Gasteiger partial charge in [-0.25, -0.2) is 9.59 Å². The summed E-state index contributed by atoms with van der Waals surface area (Å²) in [6, 6.07) is -1.08. The van der Waals surface area contributed by atoms with Crippen LogP contribution in [0, 0.1) is 0 Å². The number of amides is 2. The van der Waals surface area contributed by atoms with Crippen molar-refractivity contribution in [1.29, 1.82) is 0 Å². The summed E-state index contributed by atoms with van der Waals surface area (Å²) in [5, 5.41) is 14.3. The van der Waals surface area contributed by atoms with Crippen molar-refractivity contribution < 1.29 is 14.7 Å². The first-order valence-corrected chi connectivity index (χ1v) is 7.39. The van der Waals surface area contributed by atoms with E-state index >= 15 is 0 Å². The standard InChI is InChI=1S/C11H21N3O3S/c1-14-5-3-8(7-14)12-11(17)13-9(10(15)16)4-6-18-2/h8-9H,3-7H2,1-2H3,(H,15,16)(H2,12,13,17)/t8?,9-/m0/s1. The van der Waals surface area contributed by atoms with Crippen LogP contribution in [0.1, 0.15) is 12.8 Å². The first kappa shape index (κ1) is 15.1. The van der Waals surface area contributed by atoms with Crippen molar-refractivity contribution in [3.8, 4) is 0 Å². The predicted molar refractivity (Wildman–Crippen MR) is 72.0 cm³/mol. The summed E-state index contributed by atoms with van der Waals surface area (Å²) in [7, 11) is 2.00. The zero-order valence-corrected chi connectivity index (χ0v) is 11.6. The third-order valence-electron chi connectivity index (χ3n) is 2.94. The van der Waals surface area contributed by atoms with Crippen LogP contribution in [0.4, 0.5) is 4.79 Å². The fourth-order valence-corrected chi connectivity index (χ4v) is 2.40. The van der Waals surface area contributed by atoms with Crippen LogP contribution in [0.15, 0.2) is 0 Å². The molecule has 2 atom stereocenters. The largest absolute Gasteiger partial charge is 0.480 e. The maximum Gasteiger partial charge on any atom is 0.326 e. The minimum atomic E-state index is -0.984. The molecule has 1 heterocycles. The summed E-state index contributed by atoms with van der Waals surface area (Å²) >= 11 is 1.57. The monoisotopic (exact) mass is 275 g/mol. The van der Waals surface area contributed by atoms with Crippen LogP contribution in [-0.2, 0) is 4.79 Å². The number of nitrogens with zero attached hydrogens (tertiary/aromatic N) is 1. The van der Waals surface area contributed by atoms with Gasteiger partial charge in [0, 0.05) is 12.6 Å². The molecule has 0 aliphatic carbocycles. The third kappa shape index (κ3) is 5.14. The van der Waals surface area contributed by atoms with Crippen LogP contribution in [0.25, 0.3) is 0 Å². The molecule has 7 heteroatoms. The van der Waals surface area contributed by atoms with Crippen molar-refractivity contribution in [3.05, 3.63) is 0 Å². The Morgan fingerprint density at radius 3 is 2.78 bits per heavy atom. The average molecular weight is 275 g/mol. The quantitative estimate of drug-likeness (QED) is 0.645. The molecule has 104 valence electrons. The van der Waals surface area contributed by atoms with Crippen molar-refractivity contribution >= 4 is 23.8 Å². The molecule has 1 saturated heterocycles. The molecular formula is C11H21N3O3S. The van der Waals surface area contributed by atoms with Crippen LogP contribution in [-0.4, -0.2) is 66.2 Å². The highest BCUT2D eigenvalue weighted by molar-refractivity contribution is 7.98. The number of hydrogen-bond acceptors (Lipinski definition) is 4. The number of likely N-dealkylation sites (tertiary alicyclic amines) is 1. The van der Waals surface area contributed by atoms with Gasteiger partial charge in [0.15, 0.2) is 0 Å². The molecule has 6 nitrogen and oxygen atoms in total. The number of rotatable bonds is 6. The van der Waals surface area contributed by atoms with E-state index in [-0.39, 0.29) is 12.1 Å². The van der Waals surface area contributed by atoms with Gasteiger partial charge in [-0.1, -0.05) is 0 Å². The Morgan fingerprint density at radius 1 is 1.56 bits per heavy atom. The van der Waals surface area contributed by atoms with Gasteiger partial charge in [-0.2, -0.15) is 11.8 Å². The van der Waals surface area contributed by atoms with Crippen molar-refractivity contribution in [2.45, 2.75) is 24.9 Å². The smallest absolute Gasteiger partial charge is 0.326 e. The van der Waals surface area contributed by atoms with Gasteiger partial charge < -0.3 is 20.6 Å². The second-order valence-corrected chi connectivity index (χ2v) is 5.52. The van der Waals surface area contributed by atoms with E-state index in [1.165, 1.54) is 0 Å². The van der Waals surface area contributed by atoms with Crippen molar-refractivity contribution in [1.82, 2.24) is 15.5 Å². The minimum Gasteiger partial charge on any atom is -0.480 e. The zero-order valence-electron chi connectivity index (χ0n) is 10.8. The highest BCUT2D eigenvalue weighted by Gasteiger charge is 2.24. The van der Waals surface area contributed by atoms with Crippen LogP contribution in [0.5, 0.6) is 0 Å². The van der Waals surface area contributed by atoms with Crippen molar-refractivity contribution in [3.63, 3.8) is 0 Å². The van der Waals surface area contributed by atoms with Crippen molar-refractivity contribution in [2.75, 3.05) is 32.1 Å². The van der Waals surface area contributed by atoms with E-state index in [4.69, 9.17) is 5.11 Å². The molecule has 1 aliphatic heterocycles.